The van der Waals surface area contributed by atoms with Gasteiger partial charge in [-0.05, 0) is 17.7 Å². The van der Waals surface area contributed by atoms with Gasteiger partial charge in [0.05, 0.1) is 28.4 Å². The van der Waals surface area contributed by atoms with Crippen LogP contribution in [0.2, 0.25) is 0 Å². The molecule has 0 saturated heterocycles. The van der Waals surface area contributed by atoms with Crippen molar-refractivity contribution in [3.8, 4) is 23.0 Å². The van der Waals surface area contributed by atoms with Crippen molar-refractivity contribution in [2.24, 2.45) is 0 Å². The number of hydrogen-bond donors (Lipinski definition) is 1. The molecule has 0 unspecified atom stereocenters. The van der Waals surface area contributed by atoms with E-state index in [1.807, 2.05) is 24.3 Å². The summed E-state index contributed by atoms with van der Waals surface area (Å²) in [6, 6.07) is 11.4. The molecule has 3 aromatic rings. The lowest BCUT2D eigenvalue weighted by atomic mass is 10.1. The highest BCUT2D eigenvalue weighted by Crippen LogP contribution is 2.40. The summed E-state index contributed by atoms with van der Waals surface area (Å²) in [6.07, 6.45) is 2.06. The minimum absolute atomic E-state index is 0.424. The molecule has 8 nitrogen and oxygen atoms in total. The fraction of sp³-hybridized carbons (Fsp3) is 0.250. The SMILES string of the molecule is COc1ccc(Cc2ncnc(Nc3cc(OC)c(OC)c(OC)c3)n2)cc1. The molecule has 0 aliphatic heterocycles. The van der Waals surface area contributed by atoms with Crippen molar-refractivity contribution in [2.75, 3.05) is 33.8 Å². The van der Waals surface area contributed by atoms with Gasteiger partial charge in [-0.1, -0.05) is 12.1 Å². The summed E-state index contributed by atoms with van der Waals surface area (Å²) in [6.45, 7) is 0. The maximum atomic E-state index is 5.37. The van der Waals surface area contributed by atoms with Gasteiger partial charge >= 0.3 is 0 Å². The number of methoxy groups -OCH3 is 4. The van der Waals surface area contributed by atoms with Gasteiger partial charge in [0.25, 0.3) is 0 Å². The molecular weight excluding hydrogens is 360 g/mol. The van der Waals surface area contributed by atoms with Gasteiger partial charge in [0.15, 0.2) is 11.5 Å². The smallest absolute Gasteiger partial charge is 0.230 e. The van der Waals surface area contributed by atoms with Crippen molar-refractivity contribution in [1.29, 1.82) is 0 Å². The van der Waals surface area contributed by atoms with Gasteiger partial charge in [-0.25, -0.2) is 9.97 Å². The van der Waals surface area contributed by atoms with Crippen molar-refractivity contribution in [3.05, 3.63) is 54.1 Å². The molecule has 0 aliphatic carbocycles. The molecule has 0 spiro atoms. The van der Waals surface area contributed by atoms with Crippen LogP contribution in [0.5, 0.6) is 23.0 Å². The summed E-state index contributed by atoms with van der Waals surface area (Å²) in [5, 5.41) is 3.15. The molecule has 1 heterocycles. The molecular formula is C20H22N4O4. The van der Waals surface area contributed by atoms with Crippen LogP contribution in [0.25, 0.3) is 0 Å². The molecule has 0 saturated carbocycles. The molecule has 0 amide bonds. The van der Waals surface area contributed by atoms with Crippen LogP contribution in [0.1, 0.15) is 11.4 Å². The maximum absolute atomic E-state index is 5.37. The first-order chi connectivity index (χ1) is 13.7. The number of ether oxygens (including phenoxy) is 4. The minimum Gasteiger partial charge on any atom is -0.497 e. The first-order valence-electron chi connectivity index (χ1n) is 8.54. The van der Waals surface area contributed by atoms with Crippen LogP contribution in [0.15, 0.2) is 42.7 Å². The van der Waals surface area contributed by atoms with E-state index in [1.165, 1.54) is 6.33 Å². The summed E-state index contributed by atoms with van der Waals surface area (Å²) >= 11 is 0. The van der Waals surface area contributed by atoms with E-state index < -0.39 is 0 Å². The van der Waals surface area contributed by atoms with Crippen molar-refractivity contribution >= 4 is 11.6 Å². The fourth-order valence-corrected chi connectivity index (χ4v) is 2.68. The average molecular weight is 382 g/mol. The topological polar surface area (TPSA) is 87.6 Å². The third kappa shape index (κ3) is 4.40. The first-order valence-corrected chi connectivity index (χ1v) is 8.54. The Labute approximate surface area is 163 Å². The summed E-state index contributed by atoms with van der Waals surface area (Å²) in [4.78, 5) is 12.9. The third-order valence-electron chi connectivity index (χ3n) is 4.06. The number of nitrogens with zero attached hydrogens (tertiary/aromatic N) is 3. The van der Waals surface area contributed by atoms with Crippen molar-refractivity contribution in [3.63, 3.8) is 0 Å². The lowest BCUT2D eigenvalue weighted by molar-refractivity contribution is 0.324. The van der Waals surface area contributed by atoms with Crippen LogP contribution < -0.4 is 24.3 Å². The summed E-state index contributed by atoms with van der Waals surface area (Å²) in [7, 11) is 6.33. The number of nitrogens with one attached hydrogen (secondary N) is 1. The Kier molecular flexibility index (Phi) is 6.11. The second kappa shape index (κ2) is 8.90. The fourth-order valence-electron chi connectivity index (χ4n) is 2.68. The largest absolute Gasteiger partial charge is 0.497 e. The molecule has 1 aromatic heterocycles. The molecule has 0 bridgehead atoms. The quantitative estimate of drug-likeness (QED) is 0.635. The van der Waals surface area contributed by atoms with E-state index >= 15 is 0 Å². The Morgan fingerprint density at radius 1 is 0.821 bits per heavy atom. The Bertz CT molecular complexity index is 907. The van der Waals surface area contributed by atoms with Crippen LogP contribution in [-0.4, -0.2) is 43.4 Å². The van der Waals surface area contributed by atoms with Gasteiger partial charge in [-0.15, -0.1) is 0 Å². The van der Waals surface area contributed by atoms with Crippen molar-refractivity contribution < 1.29 is 18.9 Å². The number of anilines is 2. The highest BCUT2D eigenvalue weighted by Gasteiger charge is 2.14. The zero-order valence-electron chi connectivity index (χ0n) is 16.2. The zero-order valence-corrected chi connectivity index (χ0v) is 16.2. The second-order valence-corrected chi connectivity index (χ2v) is 5.79. The number of hydrogen-bond acceptors (Lipinski definition) is 8. The molecule has 3 rings (SSSR count). The molecule has 0 aliphatic rings. The molecule has 28 heavy (non-hydrogen) atoms. The van der Waals surface area contributed by atoms with Gasteiger partial charge in [0.1, 0.15) is 17.9 Å². The number of rotatable bonds is 8. The van der Waals surface area contributed by atoms with Crippen molar-refractivity contribution in [1.82, 2.24) is 15.0 Å². The average Bonchev–Trinajstić information content (AvgIpc) is 2.73. The monoisotopic (exact) mass is 382 g/mol. The lowest BCUT2D eigenvalue weighted by Crippen LogP contribution is -2.04. The summed E-state index contributed by atoms with van der Waals surface area (Å²) in [5.74, 6) is 3.48. The Balaban J connectivity index is 1.80. The Morgan fingerprint density at radius 3 is 2.07 bits per heavy atom. The normalized spacial score (nSPS) is 10.3. The standard InChI is InChI=1S/C20H22N4O4/c1-25-15-7-5-13(6-8-15)9-18-21-12-22-20(24-18)23-14-10-16(26-2)19(28-4)17(11-14)27-3/h5-8,10-12H,9H2,1-4H3,(H,21,22,23,24). The highest BCUT2D eigenvalue weighted by molar-refractivity contribution is 5.65. The van der Waals surface area contributed by atoms with Gasteiger partial charge in [0.2, 0.25) is 11.7 Å². The predicted octanol–water partition coefficient (Wildman–Crippen LogP) is 3.24. The van der Waals surface area contributed by atoms with E-state index in [2.05, 4.69) is 20.3 Å². The Morgan fingerprint density at radius 2 is 1.50 bits per heavy atom. The van der Waals surface area contributed by atoms with E-state index in [1.54, 1.807) is 40.6 Å². The van der Waals surface area contributed by atoms with Crippen LogP contribution in [0.4, 0.5) is 11.6 Å². The molecule has 146 valence electrons. The van der Waals surface area contributed by atoms with Gasteiger partial charge in [-0.2, -0.15) is 4.98 Å². The molecule has 0 radical (unpaired) electrons. The summed E-state index contributed by atoms with van der Waals surface area (Å²) < 4.78 is 21.3. The van der Waals surface area contributed by atoms with E-state index in [0.29, 0.717) is 41.1 Å². The van der Waals surface area contributed by atoms with E-state index in [9.17, 15) is 0 Å². The predicted molar refractivity (Wildman–Crippen MR) is 105 cm³/mol. The highest BCUT2D eigenvalue weighted by atomic mass is 16.5. The first kappa shape index (κ1) is 19.2. The van der Waals surface area contributed by atoms with Gasteiger partial charge in [-0.3, -0.25) is 0 Å². The van der Waals surface area contributed by atoms with Crippen molar-refractivity contribution in [2.45, 2.75) is 6.42 Å². The molecule has 8 heteroatoms. The van der Waals surface area contributed by atoms with Gasteiger partial charge in [0, 0.05) is 24.2 Å². The zero-order chi connectivity index (χ0) is 19.9. The summed E-state index contributed by atoms with van der Waals surface area (Å²) in [5.41, 5.74) is 1.78. The number of benzene rings is 2. The lowest BCUT2D eigenvalue weighted by Gasteiger charge is -2.14. The third-order valence-corrected chi connectivity index (χ3v) is 4.06. The molecule has 1 N–H and O–H groups in total. The molecule has 0 fully saturated rings. The van der Waals surface area contributed by atoms with E-state index in [0.717, 1.165) is 11.3 Å². The maximum Gasteiger partial charge on any atom is 0.230 e. The Hall–Kier alpha value is -3.55. The van der Waals surface area contributed by atoms with Crippen LogP contribution >= 0.6 is 0 Å². The molecule has 2 aromatic carbocycles. The molecule has 0 atom stereocenters. The van der Waals surface area contributed by atoms with Gasteiger partial charge < -0.3 is 24.3 Å². The van der Waals surface area contributed by atoms with Crippen LogP contribution in [0, 0.1) is 0 Å². The van der Waals surface area contributed by atoms with Crippen LogP contribution in [-0.2, 0) is 6.42 Å². The second-order valence-electron chi connectivity index (χ2n) is 5.79. The van der Waals surface area contributed by atoms with E-state index in [-0.39, 0.29) is 0 Å². The number of aromatic nitrogens is 3. The van der Waals surface area contributed by atoms with E-state index in [4.69, 9.17) is 18.9 Å². The minimum atomic E-state index is 0.424. The van der Waals surface area contributed by atoms with Crippen LogP contribution in [0.3, 0.4) is 0 Å².